The number of aromatic nitrogens is 1. The zero-order chi connectivity index (χ0) is 9.80. The van der Waals surface area contributed by atoms with E-state index in [0.29, 0.717) is 5.33 Å². The lowest BCUT2D eigenvalue weighted by atomic mass is 10.1. The molecule has 2 heteroatoms. The molecule has 0 bridgehead atoms. The Morgan fingerprint density at radius 2 is 2.14 bits per heavy atom. The molecule has 0 radical (unpaired) electrons. The monoisotopic (exact) mass is 245 g/mol. The number of fused-ring (bicyclic) bond motifs is 1. The molecule has 0 aliphatic rings. The van der Waals surface area contributed by atoms with Gasteiger partial charge in [-0.1, -0.05) is 33.8 Å². The third-order valence-electron chi connectivity index (χ3n) is 1.94. The van der Waals surface area contributed by atoms with Crippen LogP contribution in [0.15, 0.2) is 36.7 Å². The topological polar surface area (TPSA) is 12.9 Å². The van der Waals surface area contributed by atoms with Crippen LogP contribution in [0.3, 0.4) is 0 Å². The molecule has 2 aromatic rings. The van der Waals surface area contributed by atoms with Gasteiger partial charge in [0.15, 0.2) is 0 Å². The van der Waals surface area contributed by atoms with E-state index in [4.69, 9.17) is 0 Å². The van der Waals surface area contributed by atoms with Crippen molar-refractivity contribution in [3.63, 3.8) is 0 Å². The van der Waals surface area contributed by atoms with Gasteiger partial charge < -0.3 is 0 Å². The first-order chi connectivity index (χ1) is 6.90. The van der Waals surface area contributed by atoms with Gasteiger partial charge in [-0.3, -0.25) is 4.98 Å². The average molecular weight is 246 g/mol. The summed E-state index contributed by atoms with van der Waals surface area (Å²) in [5.74, 6) is 6.05. The molecule has 0 saturated heterocycles. The van der Waals surface area contributed by atoms with Crippen LogP contribution in [0.1, 0.15) is 5.56 Å². The quantitative estimate of drug-likeness (QED) is 0.514. The number of benzene rings is 1. The minimum atomic E-state index is 0.710. The summed E-state index contributed by atoms with van der Waals surface area (Å²) >= 11 is 3.27. The van der Waals surface area contributed by atoms with Crippen molar-refractivity contribution in [2.45, 2.75) is 0 Å². The van der Waals surface area contributed by atoms with Gasteiger partial charge in [-0.25, -0.2) is 0 Å². The summed E-state index contributed by atoms with van der Waals surface area (Å²) in [4.78, 5) is 4.06. The maximum Gasteiger partial charge on any atom is 0.0649 e. The van der Waals surface area contributed by atoms with Gasteiger partial charge in [0.1, 0.15) is 0 Å². The molecule has 0 fully saturated rings. The Hall–Kier alpha value is -1.33. The van der Waals surface area contributed by atoms with Gasteiger partial charge in [0, 0.05) is 23.3 Å². The summed E-state index contributed by atoms with van der Waals surface area (Å²) < 4.78 is 0. The van der Waals surface area contributed by atoms with Gasteiger partial charge in [-0.2, -0.15) is 0 Å². The number of nitrogens with zero attached hydrogens (tertiary/aromatic N) is 1. The first-order valence-electron chi connectivity index (χ1n) is 4.29. The van der Waals surface area contributed by atoms with Crippen LogP contribution in [-0.2, 0) is 0 Å². The number of pyridine rings is 1. The molecule has 0 amide bonds. The largest absolute Gasteiger partial charge is 0.264 e. The summed E-state index contributed by atoms with van der Waals surface area (Å²) in [5.41, 5.74) is 1.04. The highest BCUT2D eigenvalue weighted by molar-refractivity contribution is 9.09. The van der Waals surface area contributed by atoms with E-state index in [1.54, 1.807) is 6.20 Å². The molecular formula is C12H8BrN. The summed E-state index contributed by atoms with van der Waals surface area (Å²) in [5, 5.41) is 3.04. The third kappa shape index (κ3) is 1.94. The maximum absolute atomic E-state index is 4.06. The maximum atomic E-state index is 4.06. The molecule has 0 atom stereocenters. The molecule has 0 aliphatic heterocycles. The van der Waals surface area contributed by atoms with Crippen molar-refractivity contribution < 1.29 is 0 Å². The molecular weight excluding hydrogens is 238 g/mol. The number of hydrogen-bond donors (Lipinski definition) is 0. The molecule has 2 rings (SSSR count). The Morgan fingerprint density at radius 1 is 1.21 bits per heavy atom. The summed E-state index contributed by atoms with van der Waals surface area (Å²) in [6.07, 6.45) is 3.65. The third-order valence-corrected chi connectivity index (χ3v) is 2.22. The fourth-order valence-electron chi connectivity index (χ4n) is 1.30. The minimum absolute atomic E-state index is 0.710. The molecule has 0 unspecified atom stereocenters. The predicted octanol–water partition coefficient (Wildman–Crippen LogP) is 2.98. The van der Waals surface area contributed by atoms with Crippen LogP contribution in [0.2, 0.25) is 0 Å². The molecule has 68 valence electrons. The van der Waals surface area contributed by atoms with Crippen LogP contribution >= 0.6 is 15.9 Å². The normalized spacial score (nSPS) is 9.50. The molecule has 0 aliphatic carbocycles. The van der Waals surface area contributed by atoms with E-state index in [9.17, 15) is 0 Å². The van der Waals surface area contributed by atoms with Crippen molar-refractivity contribution in [1.29, 1.82) is 0 Å². The summed E-state index contributed by atoms with van der Waals surface area (Å²) in [6.45, 7) is 0. The van der Waals surface area contributed by atoms with Crippen LogP contribution < -0.4 is 0 Å². The lowest BCUT2D eigenvalue weighted by molar-refractivity contribution is 1.36. The number of alkyl halides is 1. The highest BCUT2D eigenvalue weighted by Gasteiger charge is 1.92. The molecule has 1 aromatic heterocycles. The fraction of sp³-hybridized carbons (Fsp3) is 0.0833. The van der Waals surface area contributed by atoms with E-state index >= 15 is 0 Å². The molecule has 1 nitrogen and oxygen atoms in total. The lowest BCUT2D eigenvalue weighted by Gasteiger charge is -1.96. The van der Waals surface area contributed by atoms with E-state index in [0.717, 1.165) is 10.9 Å². The molecule has 0 N–H and O–H groups in total. The van der Waals surface area contributed by atoms with E-state index < -0.39 is 0 Å². The standard InChI is InChI=1S/C12H8BrN/c13-6-1-2-10-3-4-12-9-14-7-5-11(12)8-10/h3-5,7-9H,6H2. The van der Waals surface area contributed by atoms with Crippen molar-refractivity contribution in [3.8, 4) is 11.8 Å². The van der Waals surface area contributed by atoms with Gasteiger partial charge in [-0.05, 0) is 23.6 Å². The number of hydrogen-bond acceptors (Lipinski definition) is 1. The zero-order valence-corrected chi connectivity index (χ0v) is 9.08. The summed E-state index contributed by atoms with van der Waals surface area (Å²) in [6, 6.07) is 8.13. The van der Waals surface area contributed by atoms with Gasteiger partial charge in [0.25, 0.3) is 0 Å². The van der Waals surface area contributed by atoms with Crippen LogP contribution in [0.4, 0.5) is 0 Å². The van der Waals surface area contributed by atoms with Crippen LogP contribution in [0.25, 0.3) is 10.8 Å². The Balaban J connectivity index is 2.51. The van der Waals surface area contributed by atoms with E-state index in [-0.39, 0.29) is 0 Å². The van der Waals surface area contributed by atoms with Gasteiger partial charge in [-0.15, -0.1) is 0 Å². The van der Waals surface area contributed by atoms with Crippen molar-refractivity contribution in [2.75, 3.05) is 5.33 Å². The van der Waals surface area contributed by atoms with Crippen molar-refractivity contribution in [2.24, 2.45) is 0 Å². The van der Waals surface area contributed by atoms with Gasteiger partial charge in [0.05, 0.1) is 5.33 Å². The predicted molar refractivity (Wildman–Crippen MR) is 62.4 cm³/mol. The van der Waals surface area contributed by atoms with E-state index in [1.165, 1.54) is 5.39 Å². The second-order valence-corrected chi connectivity index (χ2v) is 3.43. The molecule has 0 saturated carbocycles. The van der Waals surface area contributed by atoms with E-state index in [1.807, 2.05) is 24.4 Å². The van der Waals surface area contributed by atoms with Crippen LogP contribution in [-0.4, -0.2) is 10.3 Å². The number of rotatable bonds is 0. The molecule has 0 spiro atoms. The minimum Gasteiger partial charge on any atom is -0.264 e. The first-order valence-corrected chi connectivity index (χ1v) is 5.41. The van der Waals surface area contributed by atoms with Crippen LogP contribution in [0, 0.1) is 11.8 Å². The fourth-order valence-corrected chi connectivity index (χ4v) is 1.44. The van der Waals surface area contributed by atoms with Gasteiger partial charge in [0.2, 0.25) is 0 Å². The molecule has 14 heavy (non-hydrogen) atoms. The SMILES string of the molecule is BrCC#Cc1ccc2cnccc2c1. The van der Waals surface area contributed by atoms with Gasteiger partial charge >= 0.3 is 0 Å². The number of halogens is 1. The average Bonchev–Trinajstić information content (AvgIpc) is 2.26. The first kappa shape index (κ1) is 9.23. The second kappa shape index (κ2) is 4.26. The van der Waals surface area contributed by atoms with E-state index in [2.05, 4.69) is 38.8 Å². The Bertz CT molecular complexity index is 508. The van der Waals surface area contributed by atoms with Crippen molar-refractivity contribution in [1.82, 2.24) is 4.98 Å². The highest BCUT2D eigenvalue weighted by atomic mass is 79.9. The van der Waals surface area contributed by atoms with Crippen molar-refractivity contribution in [3.05, 3.63) is 42.2 Å². The van der Waals surface area contributed by atoms with Crippen molar-refractivity contribution >= 4 is 26.7 Å². The Kier molecular flexibility index (Phi) is 2.81. The lowest BCUT2D eigenvalue weighted by Crippen LogP contribution is -1.78. The van der Waals surface area contributed by atoms with Crippen LogP contribution in [0.5, 0.6) is 0 Å². The Morgan fingerprint density at radius 3 is 3.00 bits per heavy atom. The second-order valence-electron chi connectivity index (χ2n) is 2.87. The molecule has 1 aromatic carbocycles. The highest BCUT2D eigenvalue weighted by Crippen LogP contribution is 2.13. The molecule has 1 heterocycles. The summed E-state index contributed by atoms with van der Waals surface area (Å²) in [7, 11) is 0. The smallest absolute Gasteiger partial charge is 0.0649 e. The zero-order valence-electron chi connectivity index (χ0n) is 7.50. The Labute approximate surface area is 91.3 Å².